The molecule has 1 atom stereocenters. The molecule has 2 rings (SSSR count). The fourth-order valence-corrected chi connectivity index (χ4v) is 1.94. The Kier molecular flexibility index (Phi) is 3.40. The molecule has 0 saturated heterocycles. The van der Waals surface area contributed by atoms with Gasteiger partial charge in [0.2, 0.25) is 0 Å². The summed E-state index contributed by atoms with van der Waals surface area (Å²) in [4.78, 5) is 7.98. The van der Waals surface area contributed by atoms with E-state index in [2.05, 4.69) is 15.1 Å². The smallest absolute Gasteiger partial charge is 0.130 e. The van der Waals surface area contributed by atoms with Gasteiger partial charge in [-0.05, 0) is 6.92 Å². The third-order valence-electron chi connectivity index (χ3n) is 2.59. The first-order chi connectivity index (χ1) is 8.09. The summed E-state index contributed by atoms with van der Waals surface area (Å²) in [6.45, 7) is 1.87. The van der Waals surface area contributed by atoms with Crippen molar-refractivity contribution >= 4 is 11.6 Å². The number of hydrogen-bond donors (Lipinski definition) is 1. The van der Waals surface area contributed by atoms with Gasteiger partial charge in [-0.2, -0.15) is 5.10 Å². The molecule has 0 aromatic carbocycles. The molecular formula is C11H13ClN4O. The number of rotatable bonds is 3. The summed E-state index contributed by atoms with van der Waals surface area (Å²) in [5, 5.41) is 14.8. The van der Waals surface area contributed by atoms with Crippen LogP contribution in [0.4, 0.5) is 0 Å². The molecule has 0 fully saturated rings. The van der Waals surface area contributed by atoms with Crippen molar-refractivity contribution < 1.29 is 5.11 Å². The van der Waals surface area contributed by atoms with Gasteiger partial charge in [0.1, 0.15) is 11.3 Å². The molecule has 0 aliphatic carbocycles. The molecule has 5 nitrogen and oxygen atoms in total. The lowest BCUT2D eigenvalue weighted by molar-refractivity contribution is 0.173. The third kappa shape index (κ3) is 2.45. The average Bonchev–Trinajstić information content (AvgIpc) is 2.57. The van der Waals surface area contributed by atoms with E-state index in [1.165, 1.54) is 0 Å². The third-order valence-corrected chi connectivity index (χ3v) is 3.06. The minimum atomic E-state index is -0.718. The fourth-order valence-electron chi connectivity index (χ4n) is 1.69. The van der Waals surface area contributed by atoms with Crippen molar-refractivity contribution in [1.29, 1.82) is 0 Å². The summed E-state index contributed by atoms with van der Waals surface area (Å²) in [6.07, 6.45) is 4.33. The molecule has 0 aliphatic heterocycles. The zero-order valence-electron chi connectivity index (χ0n) is 9.63. The molecule has 1 unspecified atom stereocenters. The van der Waals surface area contributed by atoms with Crippen molar-refractivity contribution in [1.82, 2.24) is 19.7 Å². The summed E-state index contributed by atoms with van der Waals surface area (Å²) in [7, 11) is 1.77. The van der Waals surface area contributed by atoms with Crippen molar-refractivity contribution in [2.45, 2.75) is 19.4 Å². The minimum Gasteiger partial charge on any atom is -0.386 e. The molecule has 2 aromatic heterocycles. The van der Waals surface area contributed by atoms with Crippen LogP contribution >= 0.6 is 11.6 Å². The second-order valence-electron chi connectivity index (χ2n) is 3.83. The molecular weight excluding hydrogens is 240 g/mol. The van der Waals surface area contributed by atoms with Gasteiger partial charge in [0, 0.05) is 31.4 Å². The van der Waals surface area contributed by atoms with Gasteiger partial charge < -0.3 is 5.11 Å². The van der Waals surface area contributed by atoms with Crippen LogP contribution in [-0.2, 0) is 13.5 Å². The van der Waals surface area contributed by atoms with E-state index in [1.54, 1.807) is 30.3 Å². The molecule has 2 heterocycles. The predicted molar refractivity (Wildman–Crippen MR) is 63.7 cm³/mol. The van der Waals surface area contributed by atoms with E-state index in [-0.39, 0.29) is 0 Å². The summed E-state index contributed by atoms with van der Waals surface area (Å²) in [5.41, 5.74) is 2.19. The molecule has 0 bridgehead atoms. The number of aromatic nitrogens is 4. The van der Waals surface area contributed by atoms with E-state index in [0.717, 1.165) is 11.3 Å². The zero-order chi connectivity index (χ0) is 12.4. The normalized spacial score (nSPS) is 12.7. The van der Waals surface area contributed by atoms with Crippen LogP contribution in [0.25, 0.3) is 0 Å². The van der Waals surface area contributed by atoms with Gasteiger partial charge in [0.05, 0.1) is 17.6 Å². The Bertz CT molecular complexity index is 512. The topological polar surface area (TPSA) is 63.8 Å². The lowest BCUT2D eigenvalue weighted by atomic mass is 10.1. The van der Waals surface area contributed by atoms with Gasteiger partial charge in [-0.25, -0.2) is 0 Å². The Balaban J connectivity index is 2.22. The van der Waals surface area contributed by atoms with E-state index < -0.39 is 6.10 Å². The highest BCUT2D eigenvalue weighted by Gasteiger charge is 2.17. The first kappa shape index (κ1) is 12.0. The monoisotopic (exact) mass is 252 g/mol. The molecule has 0 radical (unpaired) electrons. The predicted octanol–water partition coefficient (Wildman–Crippen LogP) is 1.45. The maximum Gasteiger partial charge on any atom is 0.130 e. The highest BCUT2D eigenvalue weighted by Crippen LogP contribution is 2.24. The molecule has 0 aliphatic rings. The largest absolute Gasteiger partial charge is 0.386 e. The SMILES string of the molecule is Cc1nn(C)c(Cl)c1CC(O)c1cnccn1. The summed E-state index contributed by atoms with van der Waals surface area (Å²) in [6, 6.07) is 0. The van der Waals surface area contributed by atoms with E-state index >= 15 is 0 Å². The maximum absolute atomic E-state index is 10.0. The number of nitrogens with zero attached hydrogens (tertiary/aromatic N) is 4. The molecule has 90 valence electrons. The van der Waals surface area contributed by atoms with Gasteiger partial charge >= 0.3 is 0 Å². The number of hydrogen-bond acceptors (Lipinski definition) is 4. The van der Waals surface area contributed by atoms with Gasteiger partial charge in [0.25, 0.3) is 0 Å². The van der Waals surface area contributed by atoms with E-state index in [0.29, 0.717) is 17.3 Å². The van der Waals surface area contributed by atoms with Crippen LogP contribution in [0, 0.1) is 6.92 Å². The average molecular weight is 253 g/mol. The van der Waals surface area contributed by atoms with E-state index in [1.807, 2.05) is 6.92 Å². The van der Waals surface area contributed by atoms with Gasteiger partial charge in [-0.1, -0.05) is 11.6 Å². The van der Waals surface area contributed by atoms with Crippen LogP contribution in [-0.4, -0.2) is 24.9 Å². The van der Waals surface area contributed by atoms with Crippen molar-refractivity contribution in [3.63, 3.8) is 0 Å². The van der Waals surface area contributed by atoms with Crippen LogP contribution in [0.15, 0.2) is 18.6 Å². The second kappa shape index (κ2) is 4.81. The first-order valence-corrected chi connectivity index (χ1v) is 5.59. The standard InChI is InChI=1S/C11H13ClN4O/c1-7-8(11(12)16(2)15-7)5-10(17)9-6-13-3-4-14-9/h3-4,6,10,17H,5H2,1-2H3. The van der Waals surface area contributed by atoms with Crippen LogP contribution in [0.3, 0.4) is 0 Å². The van der Waals surface area contributed by atoms with Crippen LogP contribution in [0.5, 0.6) is 0 Å². The highest BCUT2D eigenvalue weighted by atomic mass is 35.5. The molecule has 6 heteroatoms. The lowest BCUT2D eigenvalue weighted by Crippen LogP contribution is -2.05. The van der Waals surface area contributed by atoms with Crippen molar-refractivity contribution in [3.05, 3.63) is 40.7 Å². The molecule has 0 spiro atoms. The van der Waals surface area contributed by atoms with E-state index in [4.69, 9.17) is 11.6 Å². The number of halogens is 1. The molecule has 0 saturated carbocycles. The number of aliphatic hydroxyl groups is 1. The van der Waals surface area contributed by atoms with E-state index in [9.17, 15) is 5.11 Å². The van der Waals surface area contributed by atoms with Gasteiger partial charge in [-0.3, -0.25) is 14.6 Å². The van der Waals surface area contributed by atoms with Gasteiger partial charge in [-0.15, -0.1) is 0 Å². The number of aryl methyl sites for hydroxylation is 2. The Hall–Kier alpha value is -1.46. The summed E-state index contributed by atoms with van der Waals surface area (Å²) < 4.78 is 1.59. The van der Waals surface area contributed by atoms with Gasteiger partial charge in [0.15, 0.2) is 0 Å². The van der Waals surface area contributed by atoms with Crippen molar-refractivity contribution in [2.24, 2.45) is 7.05 Å². The molecule has 1 N–H and O–H groups in total. The fraction of sp³-hybridized carbons (Fsp3) is 0.364. The number of aliphatic hydroxyl groups excluding tert-OH is 1. The minimum absolute atomic E-state index is 0.386. The highest BCUT2D eigenvalue weighted by molar-refractivity contribution is 6.30. The van der Waals surface area contributed by atoms with Crippen LogP contribution in [0.2, 0.25) is 5.15 Å². The Morgan fingerprint density at radius 1 is 1.47 bits per heavy atom. The van der Waals surface area contributed by atoms with Crippen molar-refractivity contribution in [3.8, 4) is 0 Å². The van der Waals surface area contributed by atoms with Crippen molar-refractivity contribution in [2.75, 3.05) is 0 Å². The van der Waals surface area contributed by atoms with Crippen LogP contribution in [0.1, 0.15) is 23.1 Å². The Morgan fingerprint density at radius 2 is 2.24 bits per heavy atom. The first-order valence-electron chi connectivity index (χ1n) is 5.21. The molecule has 2 aromatic rings. The molecule has 17 heavy (non-hydrogen) atoms. The maximum atomic E-state index is 10.0. The summed E-state index contributed by atoms with van der Waals surface area (Å²) in [5.74, 6) is 0. The molecule has 0 amide bonds. The Morgan fingerprint density at radius 3 is 2.76 bits per heavy atom. The second-order valence-corrected chi connectivity index (χ2v) is 4.19. The quantitative estimate of drug-likeness (QED) is 0.898. The zero-order valence-corrected chi connectivity index (χ0v) is 10.4. The summed E-state index contributed by atoms with van der Waals surface area (Å²) >= 11 is 6.10. The van der Waals surface area contributed by atoms with Crippen LogP contribution < -0.4 is 0 Å². The Labute approximate surface area is 104 Å². The lowest BCUT2D eigenvalue weighted by Gasteiger charge is -2.09.